The number of hydrogen-bond donors (Lipinski definition) is 1. The molecule has 26 heavy (non-hydrogen) atoms. The van der Waals surface area contributed by atoms with Crippen molar-refractivity contribution in [2.75, 3.05) is 11.9 Å². The lowest BCUT2D eigenvalue weighted by atomic mass is 10.2. The second-order valence-corrected chi connectivity index (χ2v) is 4.94. The molecule has 0 saturated carbocycles. The van der Waals surface area contributed by atoms with Crippen LogP contribution in [0.1, 0.15) is 5.56 Å². The molecule has 0 aliphatic heterocycles. The van der Waals surface area contributed by atoms with Gasteiger partial charge in [-0.05, 0) is 48.0 Å². The molecule has 0 spiro atoms. The second-order valence-electron chi connectivity index (χ2n) is 4.94. The van der Waals surface area contributed by atoms with E-state index in [-0.39, 0.29) is 5.75 Å². The summed E-state index contributed by atoms with van der Waals surface area (Å²) in [5.74, 6) is -1.79. The van der Waals surface area contributed by atoms with Gasteiger partial charge in [0.2, 0.25) is 0 Å². The molecule has 0 radical (unpaired) electrons. The van der Waals surface area contributed by atoms with Gasteiger partial charge in [-0.2, -0.15) is 8.78 Å². The third-order valence-corrected chi connectivity index (χ3v) is 2.99. The standard InChI is InChI=1S/C18H14F3NO4/c19-13-4-1-12(2-5-13)3-10-17(24)25-11-16(23)22-14-6-8-15(9-7-14)26-18(20)21/h1-10,18H,11H2,(H,22,23)/b10-3+. The molecule has 1 amide bonds. The van der Waals surface area contributed by atoms with Gasteiger partial charge in [-0.15, -0.1) is 0 Å². The van der Waals surface area contributed by atoms with E-state index in [2.05, 4.69) is 10.1 Å². The van der Waals surface area contributed by atoms with Crippen molar-refractivity contribution >= 4 is 23.6 Å². The minimum absolute atomic E-state index is 0.0460. The van der Waals surface area contributed by atoms with Crippen LogP contribution in [-0.4, -0.2) is 25.1 Å². The molecule has 0 atom stereocenters. The van der Waals surface area contributed by atoms with Crippen molar-refractivity contribution in [1.82, 2.24) is 0 Å². The highest BCUT2D eigenvalue weighted by Gasteiger charge is 2.07. The number of halogens is 3. The average molecular weight is 365 g/mol. The summed E-state index contributed by atoms with van der Waals surface area (Å²) in [4.78, 5) is 23.2. The largest absolute Gasteiger partial charge is 0.452 e. The molecule has 0 unspecified atom stereocenters. The van der Waals surface area contributed by atoms with Crippen LogP contribution < -0.4 is 10.1 Å². The highest BCUT2D eigenvalue weighted by molar-refractivity contribution is 5.94. The number of benzene rings is 2. The number of alkyl halides is 2. The Morgan fingerprint density at radius 2 is 1.69 bits per heavy atom. The Balaban J connectivity index is 1.77. The van der Waals surface area contributed by atoms with Gasteiger partial charge in [0, 0.05) is 11.8 Å². The van der Waals surface area contributed by atoms with Gasteiger partial charge < -0.3 is 14.8 Å². The maximum absolute atomic E-state index is 12.8. The van der Waals surface area contributed by atoms with E-state index in [9.17, 15) is 22.8 Å². The predicted octanol–water partition coefficient (Wildman–Crippen LogP) is 3.62. The molecule has 136 valence electrons. The Morgan fingerprint density at radius 3 is 2.31 bits per heavy atom. The Hall–Kier alpha value is -3.29. The van der Waals surface area contributed by atoms with Gasteiger partial charge in [0.1, 0.15) is 11.6 Å². The molecule has 0 aliphatic carbocycles. The van der Waals surface area contributed by atoms with Gasteiger partial charge in [-0.1, -0.05) is 12.1 Å². The molecule has 8 heteroatoms. The molecule has 0 heterocycles. The molecule has 1 N–H and O–H groups in total. The Labute approximate surface area is 147 Å². The van der Waals surface area contributed by atoms with Gasteiger partial charge in [0.15, 0.2) is 6.61 Å². The first-order chi connectivity index (χ1) is 12.4. The number of hydrogen-bond acceptors (Lipinski definition) is 4. The molecular formula is C18H14F3NO4. The van der Waals surface area contributed by atoms with Crippen LogP contribution in [-0.2, 0) is 14.3 Å². The molecule has 0 aliphatic rings. The highest BCUT2D eigenvalue weighted by atomic mass is 19.3. The van der Waals surface area contributed by atoms with Crippen LogP contribution in [0.3, 0.4) is 0 Å². The summed E-state index contributed by atoms with van der Waals surface area (Å²) in [7, 11) is 0. The fourth-order valence-corrected chi connectivity index (χ4v) is 1.84. The fourth-order valence-electron chi connectivity index (χ4n) is 1.84. The molecule has 0 bridgehead atoms. The van der Waals surface area contributed by atoms with Gasteiger partial charge in [0.25, 0.3) is 5.91 Å². The lowest BCUT2D eigenvalue weighted by Crippen LogP contribution is -2.20. The normalized spacial score (nSPS) is 10.8. The van der Waals surface area contributed by atoms with Gasteiger partial charge >= 0.3 is 12.6 Å². The van der Waals surface area contributed by atoms with E-state index >= 15 is 0 Å². The van der Waals surface area contributed by atoms with Crippen LogP contribution >= 0.6 is 0 Å². The fraction of sp³-hybridized carbons (Fsp3) is 0.111. The first kappa shape index (κ1) is 19.0. The van der Waals surface area contributed by atoms with Crippen molar-refractivity contribution in [2.24, 2.45) is 0 Å². The quantitative estimate of drug-likeness (QED) is 0.601. The smallest absolute Gasteiger partial charge is 0.387 e. The number of ether oxygens (including phenoxy) is 2. The average Bonchev–Trinajstić information content (AvgIpc) is 2.61. The van der Waals surface area contributed by atoms with Crippen LogP contribution in [0.25, 0.3) is 6.08 Å². The summed E-state index contributed by atoms with van der Waals surface area (Å²) in [6, 6.07) is 10.7. The van der Waals surface area contributed by atoms with Gasteiger partial charge in [-0.25, -0.2) is 9.18 Å². The van der Waals surface area contributed by atoms with Crippen LogP contribution in [0, 0.1) is 5.82 Å². The van der Waals surface area contributed by atoms with Gasteiger partial charge in [-0.3, -0.25) is 4.79 Å². The van der Waals surface area contributed by atoms with E-state index < -0.39 is 30.9 Å². The first-order valence-corrected chi connectivity index (χ1v) is 7.37. The number of esters is 1. The van der Waals surface area contributed by atoms with Crippen LogP contribution in [0.4, 0.5) is 18.9 Å². The Kier molecular flexibility index (Phi) is 6.78. The summed E-state index contributed by atoms with van der Waals surface area (Å²) in [5, 5.41) is 2.43. The van der Waals surface area contributed by atoms with Crippen molar-refractivity contribution in [3.05, 3.63) is 66.0 Å². The summed E-state index contributed by atoms with van der Waals surface area (Å²) < 4.78 is 45.8. The highest BCUT2D eigenvalue weighted by Crippen LogP contribution is 2.17. The van der Waals surface area contributed by atoms with Crippen molar-refractivity contribution in [3.63, 3.8) is 0 Å². The molecule has 5 nitrogen and oxygen atoms in total. The Bertz CT molecular complexity index is 774. The number of carbonyl (C=O) groups excluding carboxylic acids is 2. The van der Waals surface area contributed by atoms with Crippen molar-refractivity contribution in [3.8, 4) is 5.75 Å². The number of rotatable bonds is 7. The molecule has 2 rings (SSSR count). The lowest BCUT2D eigenvalue weighted by Gasteiger charge is -2.07. The molecule has 2 aromatic carbocycles. The second kappa shape index (κ2) is 9.26. The summed E-state index contributed by atoms with van der Waals surface area (Å²) in [6.07, 6.45) is 2.53. The summed E-state index contributed by atoms with van der Waals surface area (Å²) in [5.41, 5.74) is 0.924. The van der Waals surface area contributed by atoms with Crippen LogP contribution in [0.5, 0.6) is 5.75 Å². The van der Waals surface area contributed by atoms with E-state index in [1.54, 1.807) is 0 Å². The summed E-state index contributed by atoms with van der Waals surface area (Å²) in [6.45, 7) is -3.46. The molecule has 0 fully saturated rings. The van der Waals surface area contributed by atoms with Gasteiger partial charge in [0.05, 0.1) is 0 Å². The molecular weight excluding hydrogens is 351 g/mol. The zero-order chi connectivity index (χ0) is 18.9. The van der Waals surface area contributed by atoms with E-state index in [4.69, 9.17) is 4.74 Å². The lowest BCUT2D eigenvalue weighted by molar-refractivity contribution is -0.142. The minimum Gasteiger partial charge on any atom is -0.452 e. The van der Waals surface area contributed by atoms with Crippen molar-refractivity contribution < 1.29 is 32.2 Å². The zero-order valence-electron chi connectivity index (χ0n) is 13.3. The molecule has 2 aromatic rings. The number of anilines is 1. The van der Waals surface area contributed by atoms with Crippen molar-refractivity contribution in [1.29, 1.82) is 0 Å². The van der Waals surface area contributed by atoms with Crippen LogP contribution in [0.15, 0.2) is 54.6 Å². The maximum Gasteiger partial charge on any atom is 0.387 e. The first-order valence-electron chi connectivity index (χ1n) is 7.37. The topological polar surface area (TPSA) is 64.6 Å². The van der Waals surface area contributed by atoms with Crippen LogP contribution in [0.2, 0.25) is 0 Å². The summed E-state index contributed by atoms with van der Waals surface area (Å²) >= 11 is 0. The van der Waals surface area contributed by atoms with E-state index in [0.29, 0.717) is 11.3 Å². The molecule has 0 aromatic heterocycles. The Morgan fingerprint density at radius 1 is 1.04 bits per heavy atom. The molecule has 0 saturated heterocycles. The maximum atomic E-state index is 12.8. The van der Waals surface area contributed by atoms with E-state index in [0.717, 1.165) is 6.08 Å². The number of nitrogens with one attached hydrogen (secondary N) is 1. The third-order valence-electron chi connectivity index (χ3n) is 2.99. The predicted molar refractivity (Wildman–Crippen MR) is 88.1 cm³/mol. The zero-order valence-corrected chi connectivity index (χ0v) is 13.3. The number of amides is 1. The third kappa shape index (κ3) is 6.68. The van der Waals surface area contributed by atoms with E-state index in [1.165, 1.54) is 54.6 Å². The van der Waals surface area contributed by atoms with Crippen molar-refractivity contribution in [2.45, 2.75) is 6.61 Å². The minimum atomic E-state index is -2.93. The SMILES string of the molecule is O=C(COC(=O)/C=C/c1ccc(F)cc1)Nc1ccc(OC(F)F)cc1. The monoisotopic (exact) mass is 365 g/mol. The number of carbonyl (C=O) groups is 2. The van der Waals surface area contributed by atoms with E-state index in [1.807, 2.05) is 0 Å².